The van der Waals surface area contributed by atoms with Gasteiger partial charge in [0.05, 0.1) is 5.92 Å². The van der Waals surface area contributed by atoms with Crippen molar-refractivity contribution in [3.63, 3.8) is 0 Å². The molecule has 0 amide bonds. The molecule has 1 rings (SSSR count). The summed E-state index contributed by atoms with van der Waals surface area (Å²) in [6.07, 6.45) is 5.66. The second kappa shape index (κ2) is 3.46. The largest absolute Gasteiger partial charge is 0.481 e. The van der Waals surface area contributed by atoms with Crippen LogP contribution in [0, 0.1) is 11.3 Å². The van der Waals surface area contributed by atoms with E-state index in [-0.39, 0.29) is 11.3 Å². The molecule has 0 aromatic heterocycles. The fraction of sp³-hybridized carbons (Fsp3) is 0.900. The van der Waals surface area contributed by atoms with Gasteiger partial charge in [-0.15, -0.1) is 0 Å². The topological polar surface area (TPSA) is 37.3 Å². The molecule has 1 N–H and O–H groups in total. The maximum absolute atomic E-state index is 10.9. The normalized spacial score (nSPS) is 23.8. The molecule has 0 heterocycles. The van der Waals surface area contributed by atoms with Gasteiger partial charge in [0.2, 0.25) is 0 Å². The molecule has 0 radical (unpaired) electrons. The van der Waals surface area contributed by atoms with Crippen LogP contribution in [0.15, 0.2) is 0 Å². The van der Waals surface area contributed by atoms with Gasteiger partial charge in [-0.3, -0.25) is 4.79 Å². The van der Waals surface area contributed by atoms with Crippen LogP contribution in [0.5, 0.6) is 0 Å². The first kappa shape index (κ1) is 9.56. The van der Waals surface area contributed by atoms with Crippen LogP contribution in [-0.4, -0.2) is 11.1 Å². The Bertz CT molecular complexity index is 169. The first-order chi connectivity index (χ1) is 5.62. The van der Waals surface area contributed by atoms with Crippen LogP contribution in [-0.2, 0) is 4.79 Å². The van der Waals surface area contributed by atoms with Crippen molar-refractivity contribution in [3.8, 4) is 0 Å². The molecular formula is C10H18O2. The summed E-state index contributed by atoms with van der Waals surface area (Å²) < 4.78 is 0. The Kier molecular flexibility index (Phi) is 2.76. The first-order valence-corrected chi connectivity index (χ1v) is 4.85. The molecule has 0 aliphatic heterocycles. The monoisotopic (exact) mass is 170 g/mol. The number of hydrogen-bond acceptors (Lipinski definition) is 1. The second-order valence-corrected chi connectivity index (χ2v) is 3.98. The van der Waals surface area contributed by atoms with Crippen LogP contribution >= 0.6 is 0 Å². The van der Waals surface area contributed by atoms with Crippen LogP contribution in [0.25, 0.3) is 0 Å². The van der Waals surface area contributed by atoms with E-state index in [2.05, 4.69) is 6.92 Å². The molecule has 1 aliphatic carbocycles. The SMILES string of the molecule is CCC1([C@H](C)C(=O)O)CCCC1. The standard InChI is InChI=1S/C10H18O2/c1-3-10(6-4-5-7-10)8(2)9(11)12/h8H,3-7H2,1-2H3,(H,11,12)/t8-/m1/s1. The number of rotatable bonds is 3. The molecule has 12 heavy (non-hydrogen) atoms. The van der Waals surface area contributed by atoms with Gasteiger partial charge in [0.25, 0.3) is 0 Å². The molecule has 0 spiro atoms. The number of carbonyl (C=O) groups is 1. The Labute approximate surface area is 74.0 Å². The van der Waals surface area contributed by atoms with Crippen molar-refractivity contribution in [3.05, 3.63) is 0 Å². The van der Waals surface area contributed by atoms with Crippen LogP contribution in [0.2, 0.25) is 0 Å². The average molecular weight is 170 g/mol. The molecule has 0 aromatic rings. The number of carboxylic acid groups (broad SMARTS) is 1. The van der Waals surface area contributed by atoms with Crippen molar-refractivity contribution in [2.45, 2.75) is 46.0 Å². The van der Waals surface area contributed by atoms with Crippen molar-refractivity contribution in [1.29, 1.82) is 0 Å². The Balaban J connectivity index is 2.71. The summed E-state index contributed by atoms with van der Waals surface area (Å²) >= 11 is 0. The van der Waals surface area contributed by atoms with Crippen LogP contribution in [0.4, 0.5) is 0 Å². The Morgan fingerprint density at radius 2 is 2.00 bits per heavy atom. The van der Waals surface area contributed by atoms with Crippen LogP contribution < -0.4 is 0 Å². The van der Waals surface area contributed by atoms with Gasteiger partial charge >= 0.3 is 5.97 Å². The predicted octanol–water partition coefficient (Wildman–Crippen LogP) is 2.68. The van der Waals surface area contributed by atoms with E-state index in [0.717, 1.165) is 19.3 Å². The molecule has 0 unspecified atom stereocenters. The Morgan fingerprint density at radius 1 is 1.50 bits per heavy atom. The van der Waals surface area contributed by atoms with E-state index >= 15 is 0 Å². The minimum Gasteiger partial charge on any atom is -0.481 e. The fourth-order valence-corrected chi connectivity index (χ4v) is 2.43. The van der Waals surface area contributed by atoms with Crippen molar-refractivity contribution >= 4 is 5.97 Å². The maximum Gasteiger partial charge on any atom is 0.306 e. The van der Waals surface area contributed by atoms with E-state index in [9.17, 15) is 4.79 Å². The summed E-state index contributed by atoms with van der Waals surface area (Å²) in [6, 6.07) is 0. The number of hydrogen-bond donors (Lipinski definition) is 1. The molecule has 1 fully saturated rings. The van der Waals surface area contributed by atoms with Crippen LogP contribution in [0.1, 0.15) is 46.0 Å². The van der Waals surface area contributed by atoms with E-state index in [4.69, 9.17) is 5.11 Å². The van der Waals surface area contributed by atoms with E-state index in [1.165, 1.54) is 12.8 Å². The number of aliphatic carboxylic acids is 1. The van der Waals surface area contributed by atoms with E-state index < -0.39 is 5.97 Å². The maximum atomic E-state index is 10.9. The molecule has 2 heteroatoms. The molecule has 0 aromatic carbocycles. The lowest BCUT2D eigenvalue weighted by atomic mass is 9.73. The van der Waals surface area contributed by atoms with Gasteiger partial charge in [0, 0.05) is 0 Å². The summed E-state index contributed by atoms with van der Waals surface area (Å²) in [7, 11) is 0. The van der Waals surface area contributed by atoms with E-state index in [1.807, 2.05) is 6.92 Å². The van der Waals surface area contributed by atoms with Gasteiger partial charge in [-0.25, -0.2) is 0 Å². The molecule has 2 nitrogen and oxygen atoms in total. The van der Waals surface area contributed by atoms with Crippen molar-refractivity contribution in [2.75, 3.05) is 0 Å². The molecule has 1 aliphatic rings. The highest BCUT2D eigenvalue weighted by Gasteiger charge is 2.40. The molecule has 1 atom stereocenters. The highest BCUT2D eigenvalue weighted by atomic mass is 16.4. The summed E-state index contributed by atoms with van der Waals surface area (Å²) in [5.74, 6) is -0.788. The van der Waals surface area contributed by atoms with Crippen molar-refractivity contribution < 1.29 is 9.90 Å². The lowest BCUT2D eigenvalue weighted by molar-refractivity contribution is -0.145. The van der Waals surface area contributed by atoms with Crippen molar-refractivity contribution in [2.24, 2.45) is 11.3 Å². The summed E-state index contributed by atoms with van der Waals surface area (Å²) in [4.78, 5) is 10.9. The van der Waals surface area contributed by atoms with Gasteiger partial charge in [0.15, 0.2) is 0 Å². The molecule has 1 saturated carbocycles. The third-order valence-electron chi connectivity index (χ3n) is 3.59. The van der Waals surface area contributed by atoms with E-state index in [0.29, 0.717) is 0 Å². The molecule has 0 saturated heterocycles. The average Bonchev–Trinajstić information content (AvgIpc) is 2.52. The van der Waals surface area contributed by atoms with Crippen LogP contribution in [0.3, 0.4) is 0 Å². The highest BCUT2D eigenvalue weighted by Crippen LogP contribution is 2.46. The van der Waals surface area contributed by atoms with Gasteiger partial charge < -0.3 is 5.11 Å². The Morgan fingerprint density at radius 3 is 2.33 bits per heavy atom. The lowest BCUT2D eigenvalue weighted by Crippen LogP contribution is -2.30. The number of carboxylic acids is 1. The van der Waals surface area contributed by atoms with Gasteiger partial charge in [-0.1, -0.05) is 26.7 Å². The lowest BCUT2D eigenvalue weighted by Gasteiger charge is -2.31. The molecular weight excluding hydrogens is 152 g/mol. The fourth-order valence-electron chi connectivity index (χ4n) is 2.43. The zero-order chi connectivity index (χ0) is 9.19. The predicted molar refractivity (Wildman–Crippen MR) is 48.0 cm³/mol. The highest BCUT2D eigenvalue weighted by molar-refractivity contribution is 5.70. The quantitative estimate of drug-likeness (QED) is 0.707. The summed E-state index contributed by atoms with van der Waals surface area (Å²) in [5, 5.41) is 8.94. The van der Waals surface area contributed by atoms with Gasteiger partial charge in [0.1, 0.15) is 0 Å². The minimum atomic E-state index is -0.626. The van der Waals surface area contributed by atoms with Crippen molar-refractivity contribution in [1.82, 2.24) is 0 Å². The third-order valence-corrected chi connectivity index (χ3v) is 3.59. The summed E-state index contributed by atoms with van der Waals surface area (Å²) in [5.41, 5.74) is 0.117. The molecule has 70 valence electrons. The first-order valence-electron chi connectivity index (χ1n) is 4.85. The molecule has 0 bridgehead atoms. The van der Waals surface area contributed by atoms with Gasteiger partial charge in [-0.05, 0) is 24.7 Å². The smallest absolute Gasteiger partial charge is 0.306 e. The zero-order valence-corrected chi connectivity index (χ0v) is 7.97. The van der Waals surface area contributed by atoms with E-state index in [1.54, 1.807) is 0 Å². The van der Waals surface area contributed by atoms with Gasteiger partial charge in [-0.2, -0.15) is 0 Å². The Hall–Kier alpha value is -0.530. The third kappa shape index (κ3) is 1.47. The second-order valence-electron chi connectivity index (χ2n) is 3.98. The minimum absolute atomic E-state index is 0.117. The summed E-state index contributed by atoms with van der Waals surface area (Å²) in [6.45, 7) is 3.97. The zero-order valence-electron chi connectivity index (χ0n) is 7.97.